The smallest absolute Gasteiger partial charge is 0.113 e. The number of para-hydroxylation sites is 1. The molecule has 0 N–H and O–H groups in total. The third-order valence-corrected chi connectivity index (χ3v) is 3.50. The molecule has 1 heterocycles. The van der Waals surface area contributed by atoms with Crippen LogP contribution in [-0.2, 0) is 26.9 Å². The summed E-state index contributed by atoms with van der Waals surface area (Å²) < 4.78 is 1.92. The molecule has 0 saturated carbocycles. The number of fused-ring (bicyclic) bond motifs is 1. The third-order valence-electron chi connectivity index (χ3n) is 2.52. The van der Waals surface area contributed by atoms with Crippen LogP contribution in [0.25, 0.3) is 11.0 Å². The molecule has 0 spiro atoms. The predicted molar refractivity (Wildman–Crippen MR) is 69.8 cm³/mol. The molecule has 0 fully saturated rings. The van der Waals surface area contributed by atoms with Gasteiger partial charge in [-0.1, -0.05) is 35.5 Å². The van der Waals surface area contributed by atoms with Gasteiger partial charge in [0.25, 0.3) is 0 Å². The fourth-order valence-corrected chi connectivity index (χ4v) is 2.48. The minimum atomic E-state index is 0. The van der Waals surface area contributed by atoms with Crippen molar-refractivity contribution in [2.24, 2.45) is 0 Å². The monoisotopic (exact) mass is 436 g/mol. The normalized spacial score (nSPS) is 10.2. The van der Waals surface area contributed by atoms with Gasteiger partial charge >= 0.3 is 0 Å². The molecule has 2 aromatic carbocycles. The van der Waals surface area contributed by atoms with Crippen LogP contribution in [-0.4, -0.2) is 15.0 Å². The van der Waals surface area contributed by atoms with Gasteiger partial charge in [-0.05, 0) is 24.3 Å². The zero-order chi connectivity index (χ0) is 11.5. The van der Waals surface area contributed by atoms with Gasteiger partial charge in [-0.25, -0.2) is 4.68 Å². The van der Waals surface area contributed by atoms with Gasteiger partial charge in [0, 0.05) is 26.0 Å². The summed E-state index contributed by atoms with van der Waals surface area (Å²) in [4.78, 5) is 1.24. The van der Waals surface area contributed by atoms with Crippen molar-refractivity contribution < 1.29 is 21.1 Å². The summed E-state index contributed by atoms with van der Waals surface area (Å²) in [5.74, 6) is 0.782. The average molecular weight is 436 g/mol. The van der Waals surface area contributed by atoms with Crippen molar-refractivity contribution in [2.45, 2.75) is 10.8 Å². The molecule has 0 radical (unpaired) electrons. The molecule has 5 heteroatoms. The van der Waals surface area contributed by atoms with E-state index in [9.17, 15) is 0 Å². The predicted octanol–water partition coefficient (Wildman–Crippen LogP) is 3.18. The molecule has 0 aliphatic heterocycles. The van der Waals surface area contributed by atoms with E-state index in [-0.39, 0.29) is 21.1 Å². The van der Waals surface area contributed by atoms with Gasteiger partial charge < -0.3 is 0 Å². The van der Waals surface area contributed by atoms with Crippen molar-refractivity contribution in [3.05, 3.63) is 54.6 Å². The van der Waals surface area contributed by atoms with Crippen molar-refractivity contribution in [1.82, 2.24) is 15.0 Å². The molecule has 3 aromatic rings. The fourth-order valence-electron chi connectivity index (χ4n) is 1.67. The average Bonchev–Trinajstić information content (AvgIpc) is 2.81. The second-order valence-electron chi connectivity index (χ2n) is 3.66. The van der Waals surface area contributed by atoms with Gasteiger partial charge in [0.05, 0.1) is 11.4 Å². The minimum Gasteiger partial charge on any atom is -0.234 e. The maximum Gasteiger partial charge on any atom is 0.113 e. The molecule has 3 nitrogen and oxygen atoms in total. The van der Waals surface area contributed by atoms with Crippen molar-refractivity contribution in [3.8, 4) is 0 Å². The van der Waals surface area contributed by atoms with Crippen LogP contribution in [0.5, 0.6) is 0 Å². The first kappa shape index (κ1) is 13.3. The molecule has 0 aliphatic carbocycles. The van der Waals surface area contributed by atoms with E-state index in [0.29, 0.717) is 0 Å². The Kier molecular flexibility index (Phi) is 4.56. The van der Waals surface area contributed by atoms with Crippen LogP contribution in [0.4, 0.5) is 0 Å². The first-order valence-corrected chi connectivity index (χ1v) is 6.38. The molecule has 18 heavy (non-hydrogen) atoms. The summed E-state index contributed by atoms with van der Waals surface area (Å²) in [6, 6.07) is 18.3. The topological polar surface area (TPSA) is 30.7 Å². The Morgan fingerprint density at radius 3 is 2.50 bits per heavy atom. The summed E-state index contributed by atoms with van der Waals surface area (Å²) in [7, 11) is 0. The van der Waals surface area contributed by atoms with Crippen LogP contribution in [0.15, 0.2) is 59.5 Å². The molecule has 3 rings (SSSR count). The summed E-state index contributed by atoms with van der Waals surface area (Å²) in [5.41, 5.74) is 2.03. The third kappa shape index (κ3) is 2.82. The molecule has 0 atom stereocenters. The van der Waals surface area contributed by atoms with E-state index < -0.39 is 0 Å². The maximum absolute atomic E-state index is 4.16. The van der Waals surface area contributed by atoms with Gasteiger partial charge in [-0.15, -0.1) is 16.9 Å². The molecule has 0 amide bonds. The van der Waals surface area contributed by atoms with Crippen LogP contribution >= 0.6 is 11.8 Å². The second kappa shape index (κ2) is 6.16. The molecule has 0 saturated heterocycles. The summed E-state index contributed by atoms with van der Waals surface area (Å²) >= 11 is 1.75. The Bertz CT molecular complexity index is 624. The van der Waals surface area contributed by atoms with E-state index in [4.69, 9.17) is 0 Å². The van der Waals surface area contributed by atoms with Crippen molar-refractivity contribution >= 4 is 22.8 Å². The summed E-state index contributed by atoms with van der Waals surface area (Å²) in [5, 5.41) is 8.29. The number of nitrogens with zero attached hydrogens (tertiary/aromatic N) is 3. The Morgan fingerprint density at radius 2 is 1.67 bits per heavy atom. The number of hydrogen-bond acceptors (Lipinski definition) is 3. The summed E-state index contributed by atoms with van der Waals surface area (Å²) in [6.45, 7) is 0. The summed E-state index contributed by atoms with van der Waals surface area (Å²) in [6.07, 6.45) is 0. The number of hydrogen-bond donors (Lipinski definition) is 0. The molecule has 0 aliphatic rings. The van der Waals surface area contributed by atoms with Crippen LogP contribution in [0.2, 0.25) is 0 Å². The Balaban J connectivity index is 0.00000120. The number of benzene rings is 2. The van der Waals surface area contributed by atoms with E-state index >= 15 is 0 Å². The molecule has 0 unspecified atom stereocenters. The SMILES string of the molecule is [Pt].c1ccc(SCn2nnc3ccccc32)cc1. The van der Waals surface area contributed by atoms with Gasteiger partial charge in [-0.2, -0.15) is 0 Å². The largest absolute Gasteiger partial charge is 0.234 e. The van der Waals surface area contributed by atoms with Crippen molar-refractivity contribution in [2.75, 3.05) is 0 Å². The van der Waals surface area contributed by atoms with Crippen LogP contribution in [0, 0.1) is 0 Å². The minimum absolute atomic E-state index is 0. The molecular weight excluding hydrogens is 425 g/mol. The van der Waals surface area contributed by atoms with E-state index in [2.05, 4.69) is 22.4 Å². The van der Waals surface area contributed by atoms with E-state index in [0.717, 1.165) is 16.9 Å². The van der Waals surface area contributed by atoms with E-state index in [1.807, 2.05) is 47.1 Å². The number of rotatable bonds is 3. The zero-order valence-corrected chi connectivity index (χ0v) is 12.6. The second-order valence-corrected chi connectivity index (χ2v) is 4.68. The first-order chi connectivity index (χ1) is 8.43. The quantitative estimate of drug-likeness (QED) is 0.591. The van der Waals surface area contributed by atoms with Crippen LogP contribution in [0.3, 0.4) is 0 Å². The Hall–Kier alpha value is -1.12. The van der Waals surface area contributed by atoms with Crippen LogP contribution in [0.1, 0.15) is 0 Å². The first-order valence-electron chi connectivity index (χ1n) is 5.39. The number of aromatic nitrogens is 3. The van der Waals surface area contributed by atoms with Crippen molar-refractivity contribution in [1.29, 1.82) is 0 Å². The maximum atomic E-state index is 4.16. The molecule has 0 bridgehead atoms. The fraction of sp³-hybridized carbons (Fsp3) is 0.0769. The van der Waals surface area contributed by atoms with Crippen molar-refractivity contribution in [3.63, 3.8) is 0 Å². The van der Waals surface area contributed by atoms with E-state index in [1.54, 1.807) is 11.8 Å². The van der Waals surface area contributed by atoms with Gasteiger partial charge in [0.2, 0.25) is 0 Å². The molecular formula is C13H11N3PtS. The molecule has 1 aromatic heterocycles. The number of thioether (sulfide) groups is 1. The Labute approximate surface area is 124 Å². The van der Waals surface area contributed by atoms with E-state index in [1.165, 1.54) is 4.90 Å². The van der Waals surface area contributed by atoms with Gasteiger partial charge in [0.1, 0.15) is 5.52 Å². The standard InChI is InChI=1S/C13H11N3S.Pt/c1-2-6-11(7-3-1)17-10-16-13-9-5-4-8-12(13)14-15-16;/h1-9H,10H2;. The molecule has 94 valence electrons. The zero-order valence-electron chi connectivity index (χ0n) is 9.47. The van der Waals surface area contributed by atoms with Gasteiger partial charge in [0.15, 0.2) is 0 Å². The van der Waals surface area contributed by atoms with Crippen LogP contribution < -0.4 is 0 Å². The van der Waals surface area contributed by atoms with Gasteiger partial charge in [-0.3, -0.25) is 0 Å². The Morgan fingerprint density at radius 1 is 0.944 bits per heavy atom.